The fourth-order valence-electron chi connectivity index (χ4n) is 8.06. The van der Waals surface area contributed by atoms with E-state index in [1.165, 1.54) is 12.1 Å². The van der Waals surface area contributed by atoms with Crippen molar-refractivity contribution in [2.24, 2.45) is 0 Å². The van der Waals surface area contributed by atoms with Gasteiger partial charge in [-0.1, -0.05) is 0 Å². The molecule has 1 aliphatic heterocycles. The molecule has 0 amide bonds. The van der Waals surface area contributed by atoms with Crippen LogP contribution in [0.1, 0.15) is 60.6 Å². The van der Waals surface area contributed by atoms with Crippen molar-refractivity contribution in [1.82, 2.24) is 0 Å². The summed E-state index contributed by atoms with van der Waals surface area (Å²) in [6.07, 6.45) is -5.25. The molecule has 2 aliphatic rings. The largest absolute Gasteiger partial charge is 0.508 e. The Hall–Kier alpha value is -8.61. The number of carbonyl (C=O) groups excluding carboxylic acids is 2. The molecule has 324 valence electrons. The Balaban J connectivity index is 1.31. The Morgan fingerprint density at radius 2 is 1.02 bits per heavy atom. The molecule has 0 bridgehead atoms. The van der Waals surface area contributed by atoms with Gasteiger partial charge in [0, 0.05) is 53.6 Å². The first kappa shape index (κ1) is 41.1. The van der Waals surface area contributed by atoms with Crippen molar-refractivity contribution in [2.45, 2.75) is 43.5 Å². The fourth-order valence-corrected chi connectivity index (χ4v) is 8.06. The minimum absolute atomic E-state index is 0.0349. The minimum atomic E-state index is -1.56. The number of rotatable bonds is 6. The highest BCUT2D eigenvalue weighted by Crippen LogP contribution is 2.48. The zero-order valence-corrected chi connectivity index (χ0v) is 32.0. The second-order valence-corrected chi connectivity index (χ2v) is 15.0. The van der Waals surface area contributed by atoms with Gasteiger partial charge < -0.3 is 80.6 Å². The zero-order chi connectivity index (χ0) is 45.3. The van der Waals surface area contributed by atoms with Gasteiger partial charge in [0.2, 0.25) is 5.43 Å². The van der Waals surface area contributed by atoms with Crippen LogP contribution < -0.4 is 10.2 Å². The van der Waals surface area contributed by atoms with Gasteiger partial charge in [-0.05, 0) is 71.5 Å². The molecule has 0 saturated carbocycles. The predicted octanol–water partition coefficient (Wildman–Crippen LogP) is 4.38. The van der Waals surface area contributed by atoms with Crippen LogP contribution in [0.2, 0.25) is 0 Å². The first-order valence-electron chi connectivity index (χ1n) is 18.7. The van der Waals surface area contributed by atoms with Crippen LogP contribution in [0.4, 0.5) is 0 Å². The minimum Gasteiger partial charge on any atom is -0.508 e. The third-order valence-electron chi connectivity index (χ3n) is 11.0. The zero-order valence-electron chi connectivity index (χ0n) is 32.0. The number of ether oxygens (including phenoxy) is 3. The van der Waals surface area contributed by atoms with Crippen LogP contribution in [0.25, 0.3) is 10.8 Å². The SMILES string of the molecule is O=C(O[C@@H]1Cc2c(O)cc(O)cc2OC1c1cc(O)c(=O)c2c(O)c(O)cc([C@H]3Cc4cc(O)cc(O)c4C[C@H]3OC(=O)c3cc(O)c(O)c(O)c3)c2c1)c1cc(O)c(O)c(O)c1. The molecule has 1 unspecified atom stereocenters. The van der Waals surface area contributed by atoms with Crippen LogP contribution in [0.3, 0.4) is 0 Å². The van der Waals surface area contributed by atoms with E-state index in [0.717, 1.165) is 54.6 Å². The molecular formula is C44H34O19. The Bertz CT molecular complexity index is 2950. The maximum Gasteiger partial charge on any atom is 0.338 e. The van der Waals surface area contributed by atoms with Crippen molar-refractivity contribution in [2.75, 3.05) is 0 Å². The van der Waals surface area contributed by atoms with E-state index in [0.29, 0.717) is 5.56 Å². The summed E-state index contributed by atoms with van der Waals surface area (Å²) in [5, 5.41) is 135. The summed E-state index contributed by atoms with van der Waals surface area (Å²) < 4.78 is 17.9. The van der Waals surface area contributed by atoms with E-state index >= 15 is 0 Å². The molecule has 8 rings (SSSR count). The number of carbonyl (C=O) groups is 2. The highest BCUT2D eigenvalue weighted by Gasteiger charge is 2.40. The lowest BCUT2D eigenvalue weighted by molar-refractivity contribution is -0.0188. The predicted molar refractivity (Wildman–Crippen MR) is 213 cm³/mol. The third-order valence-corrected chi connectivity index (χ3v) is 11.0. The number of hydrogen-bond donors (Lipinski definition) is 13. The highest BCUT2D eigenvalue weighted by molar-refractivity contribution is 5.95. The molecule has 0 aromatic heterocycles. The summed E-state index contributed by atoms with van der Waals surface area (Å²) in [5.41, 5.74) is -1.74. The third kappa shape index (κ3) is 7.26. The summed E-state index contributed by atoms with van der Waals surface area (Å²) in [4.78, 5) is 41.2. The van der Waals surface area contributed by atoms with E-state index in [2.05, 4.69) is 0 Å². The van der Waals surface area contributed by atoms with Crippen LogP contribution in [0, 0.1) is 0 Å². The summed E-state index contributed by atoms with van der Waals surface area (Å²) in [5.74, 6) is -13.5. The van der Waals surface area contributed by atoms with Gasteiger partial charge in [0.25, 0.3) is 0 Å². The van der Waals surface area contributed by atoms with Crippen LogP contribution in [0.15, 0.2) is 71.5 Å². The van der Waals surface area contributed by atoms with E-state index in [1.54, 1.807) is 0 Å². The first-order chi connectivity index (χ1) is 29.8. The van der Waals surface area contributed by atoms with Crippen LogP contribution >= 0.6 is 0 Å². The molecule has 0 saturated heterocycles. The molecule has 19 nitrogen and oxygen atoms in total. The van der Waals surface area contributed by atoms with Gasteiger partial charge in [0.05, 0.1) is 16.5 Å². The summed E-state index contributed by atoms with van der Waals surface area (Å²) in [6, 6.07) is 10.9. The number of benzene rings is 5. The normalized spacial score (nSPS) is 17.8. The van der Waals surface area contributed by atoms with E-state index < -0.39 is 121 Å². The van der Waals surface area contributed by atoms with Crippen molar-refractivity contribution in [1.29, 1.82) is 0 Å². The Morgan fingerprint density at radius 1 is 0.508 bits per heavy atom. The van der Waals surface area contributed by atoms with Gasteiger partial charge in [0.1, 0.15) is 41.0 Å². The molecule has 0 radical (unpaired) electrons. The molecule has 6 aromatic carbocycles. The quantitative estimate of drug-likeness (QED) is 0.0815. The van der Waals surface area contributed by atoms with Crippen molar-refractivity contribution in [3.05, 3.63) is 116 Å². The van der Waals surface area contributed by atoms with Crippen molar-refractivity contribution < 1.29 is 90.2 Å². The van der Waals surface area contributed by atoms with Crippen molar-refractivity contribution in [3.63, 3.8) is 0 Å². The standard InChI is InChI=1S/C44H34O19/c45-19-1-15-2-23(35(13-21(15)26(47)9-19)62-43(59)17-5-28(49)38(55)29(50)6-17)22-12-33(54)41(58)37-24(22)3-16(4-32(53)40(37)57)42-36(14-25-27(48)10-20(46)11-34(25)61-42)63-44(60)18-7-30(51)39(56)31(52)8-18/h1,3-12,23,35-36,42,45-52,54-56,58H,2,13-14H2,(H,53,57)/t23-,35-,36-,42?/m1/s1. The molecule has 6 aromatic rings. The second kappa shape index (κ2) is 15.1. The topological polar surface area (TPSA) is 342 Å². The fraction of sp³-hybridized carbons (Fsp3) is 0.159. The van der Waals surface area contributed by atoms with Crippen LogP contribution in [-0.2, 0) is 28.7 Å². The lowest BCUT2D eigenvalue weighted by atomic mass is 9.76. The molecule has 1 aliphatic carbocycles. The molecule has 63 heavy (non-hydrogen) atoms. The number of aromatic hydroxyl groups is 13. The van der Waals surface area contributed by atoms with Gasteiger partial charge in [-0.2, -0.15) is 0 Å². The number of hydrogen-bond acceptors (Lipinski definition) is 19. The smallest absolute Gasteiger partial charge is 0.338 e. The number of phenolic OH excluding ortho intramolecular Hbond substituents is 12. The lowest BCUT2D eigenvalue weighted by Gasteiger charge is -2.35. The van der Waals surface area contributed by atoms with Crippen molar-refractivity contribution in [3.8, 4) is 80.5 Å². The van der Waals surface area contributed by atoms with Gasteiger partial charge in [0.15, 0.2) is 57.8 Å². The Kier molecular flexibility index (Phi) is 9.88. The average molecular weight is 867 g/mol. The van der Waals surface area contributed by atoms with E-state index in [4.69, 9.17) is 14.2 Å². The maximum atomic E-state index is 14.0. The highest BCUT2D eigenvalue weighted by atomic mass is 16.6. The molecular weight excluding hydrogens is 832 g/mol. The summed E-state index contributed by atoms with van der Waals surface area (Å²) in [6.45, 7) is 0. The number of fused-ring (bicyclic) bond motifs is 3. The van der Waals surface area contributed by atoms with Gasteiger partial charge in [-0.15, -0.1) is 0 Å². The molecule has 4 atom stereocenters. The summed E-state index contributed by atoms with van der Waals surface area (Å²) >= 11 is 0. The number of phenols is 12. The Labute approximate surface area is 352 Å². The molecule has 1 heterocycles. The maximum absolute atomic E-state index is 14.0. The molecule has 19 heteroatoms. The van der Waals surface area contributed by atoms with Crippen molar-refractivity contribution >= 4 is 22.7 Å². The van der Waals surface area contributed by atoms with Gasteiger partial charge in [-0.25, -0.2) is 9.59 Å². The van der Waals surface area contributed by atoms with E-state index in [9.17, 15) is 80.8 Å². The average Bonchev–Trinajstić information content (AvgIpc) is 3.35. The Morgan fingerprint density at radius 3 is 1.60 bits per heavy atom. The summed E-state index contributed by atoms with van der Waals surface area (Å²) in [7, 11) is 0. The van der Waals surface area contributed by atoms with Crippen LogP contribution in [-0.4, -0.2) is 90.5 Å². The molecule has 0 spiro atoms. The monoisotopic (exact) mass is 866 g/mol. The lowest BCUT2D eigenvalue weighted by Crippen LogP contribution is -2.35. The first-order valence-corrected chi connectivity index (χ1v) is 18.7. The van der Waals surface area contributed by atoms with E-state index in [1.807, 2.05) is 0 Å². The molecule has 13 N–H and O–H groups in total. The van der Waals surface area contributed by atoms with Crippen LogP contribution in [0.5, 0.6) is 80.5 Å². The molecule has 0 fully saturated rings. The second-order valence-electron chi connectivity index (χ2n) is 15.0. The van der Waals surface area contributed by atoms with E-state index in [-0.39, 0.29) is 64.2 Å². The van der Waals surface area contributed by atoms with Gasteiger partial charge in [-0.3, -0.25) is 4.79 Å². The van der Waals surface area contributed by atoms with Gasteiger partial charge >= 0.3 is 11.9 Å². The number of esters is 2.